The molecule has 9 heteroatoms. The molecule has 6 nitrogen and oxygen atoms in total. The summed E-state index contributed by atoms with van der Waals surface area (Å²) in [6, 6.07) is 3.10. The molecule has 1 amide bonds. The molecule has 2 N–H and O–H groups in total. The van der Waals surface area contributed by atoms with Crippen LogP contribution in [-0.4, -0.2) is 41.7 Å². The molecule has 0 bridgehead atoms. The van der Waals surface area contributed by atoms with E-state index in [1.165, 1.54) is 6.20 Å². The Hall–Kier alpha value is -2.32. The minimum atomic E-state index is -4.25. The number of esters is 1. The molecule has 0 spiro atoms. The zero-order valence-electron chi connectivity index (χ0n) is 14.7. The maximum atomic E-state index is 12.8. The minimum Gasteiger partial charge on any atom is -0.452 e. The molecule has 0 unspecified atom stereocenters. The quantitative estimate of drug-likeness (QED) is 0.736. The Bertz CT molecular complexity index is 675. The molecule has 0 aliphatic heterocycles. The Morgan fingerprint density at radius 2 is 1.93 bits per heavy atom. The summed E-state index contributed by atoms with van der Waals surface area (Å²) in [4.78, 5) is 28.0. The van der Waals surface area contributed by atoms with Crippen LogP contribution in [-0.2, 0) is 9.53 Å². The summed E-state index contributed by atoms with van der Waals surface area (Å²) in [7, 11) is 0. The monoisotopic (exact) mass is 385 g/mol. The third-order valence-electron chi connectivity index (χ3n) is 4.77. The predicted octanol–water partition coefficient (Wildman–Crippen LogP) is 3.05. The number of rotatable bonds is 6. The van der Waals surface area contributed by atoms with Crippen molar-refractivity contribution in [1.82, 2.24) is 10.3 Å². The number of ether oxygens (including phenoxy) is 1. The molecular formula is C18H22F3N3O3. The van der Waals surface area contributed by atoms with Gasteiger partial charge in [-0.05, 0) is 44.2 Å². The Labute approximate surface area is 154 Å². The molecule has 1 aromatic heterocycles. The number of carbonyl (C=O) groups is 2. The van der Waals surface area contributed by atoms with Crippen molar-refractivity contribution in [2.45, 2.75) is 56.8 Å². The fourth-order valence-corrected chi connectivity index (χ4v) is 3.14. The van der Waals surface area contributed by atoms with Gasteiger partial charge < -0.3 is 15.4 Å². The van der Waals surface area contributed by atoms with Gasteiger partial charge in [0.05, 0.1) is 11.5 Å². The van der Waals surface area contributed by atoms with Crippen molar-refractivity contribution in [3.8, 4) is 0 Å². The van der Waals surface area contributed by atoms with E-state index in [9.17, 15) is 22.8 Å². The summed E-state index contributed by atoms with van der Waals surface area (Å²) in [5.41, 5.74) is 0.207. The Morgan fingerprint density at radius 3 is 2.56 bits per heavy atom. The van der Waals surface area contributed by atoms with E-state index in [4.69, 9.17) is 4.74 Å². The van der Waals surface area contributed by atoms with E-state index in [0.717, 1.165) is 12.8 Å². The molecule has 2 fully saturated rings. The van der Waals surface area contributed by atoms with Gasteiger partial charge in [-0.15, -0.1) is 0 Å². The first kappa shape index (κ1) is 19.4. The van der Waals surface area contributed by atoms with E-state index in [0.29, 0.717) is 24.7 Å². The molecule has 148 valence electrons. The van der Waals surface area contributed by atoms with Crippen molar-refractivity contribution < 1.29 is 27.5 Å². The van der Waals surface area contributed by atoms with Crippen LogP contribution in [0.25, 0.3) is 0 Å². The van der Waals surface area contributed by atoms with Crippen LogP contribution in [0.3, 0.4) is 0 Å². The van der Waals surface area contributed by atoms with Crippen molar-refractivity contribution in [3.05, 3.63) is 23.9 Å². The van der Waals surface area contributed by atoms with Gasteiger partial charge in [-0.2, -0.15) is 13.2 Å². The predicted molar refractivity (Wildman–Crippen MR) is 91.1 cm³/mol. The van der Waals surface area contributed by atoms with Crippen LogP contribution < -0.4 is 10.6 Å². The van der Waals surface area contributed by atoms with Gasteiger partial charge in [0.15, 0.2) is 6.61 Å². The summed E-state index contributed by atoms with van der Waals surface area (Å²) in [6.07, 6.45) is 0.166. The fraction of sp³-hybridized carbons (Fsp3) is 0.611. The number of pyridine rings is 1. The molecule has 0 radical (unpaired) electrons. The van der Waals surface area contributed by atoms with E-state index in [1.807, 2.05) is 0 Å². The number of carbonyl (C=O) groups excluding carboxylic acids is 2. The number of halogens is 3. The lowest BCUT2D eigenvalue weighted by Crippen LogP contribution is -2.43. The Balaban J connectivity index is 1.42. The van der Waals surface area contributed by atoms with E-state index in [2.05, 4.69) is 15.6 Å². The molecule has 2 saturated carbocycles. The lowest BCUT2D eigenvalue weighted by atomic mass is 9.85. The van der Waals surface area contributed by atoms with Crippen LogP contribution in [0.1, 0.15) is 48.9 Å². The largest absolute Gasteiger partial charge is 0.452 e. The number of anilines is 1. The highest BCUT2D eigenvalue weighted by Gasteiger charge is 2.42. The zero-order valence-corrected chi connectivity index (χ0v) is 14.7. The third kappa shape index (κ3) is 5.83. The normalized spacial score (nSPS) is 22.8. The first-order chi connectivity index (χ1) is 12.8. The van der Waals surface area contributed by atoms with Crippen molar-refractivity contribution in [3.63, 3.8) is 0 Å². The maximum Gasteiger partial charge on any atom is 0.391 e. The average molecular weight is 385 g/mol. The van der Waals surface area contributed by atoms with Crippen molar-refractivity contribution >= 4 is 17.7 Å². The highest BCUT2D eigenvalue weighted by Crippen LogP contribution is 2.37. The van der Waals surface area contributed by atoms with Crippen LogP contribution in [0.5, 0.6) is 0 Å². The van der Waals surface area contributed by atoms with Crippen LogP contribution in [0.2, 0.25) is 0 Å². The summed E-state index contributed by atoms with van der Waals surface area (Å²) in [6.45, 7) is -0.534. The third-order valence-corrected chi connectivity index (χ3v) is 4.77. The standard InChI is InChI=1S/C18H22F3N3O3/c19-18(20,21)12-2-1-3-14(8-12)24-16(25)10-27-17(26)11-4-7-15(22-9-11)23-13-5-6-13/h4,7,9,12-14H,1-3,5-6,8,10H2,(H,22,23)(H,24,25)/t12-,14+/m1/s1. The van der Waals surface area contributed by atoms with Gasteiger partial charge in [0.2, 0.25) is 0 Å². The first-order valence-corrected chi connectivity index (χ1v) is 9.07. The van der Waals surface area contributed by atoms with Gasteiger partial charge in [-0.1, -0.05) is 6.42 Å². The molecule has 2 atom stereocenters. The van der Waals surface area contributed by atoms with E-state index >= 15 is 0 Å². The number of nitrogens with zero attached hydrogens (tertiary/aromatic N) is 1. The molecule has 1 heterocycles. The highest BCUT2D eigenvalue weighted by molar-refractivity contribution is 5.91. The molecule has 0 aromatic carbocycles. The summed E-state index contributed by atoms with van der Waals surface area (Å²) < 4.78 is 43.3. The molecular weight excluding hydrogens is 363 g/mol. The summed E-state index contributed by atoms with van der Waals surface area (Å²) in [5.74, 6) is -2.03. The summed E-state index contributed by atoms with van der Waals surface area (Å²) >= 11 is 0. The van der Waals surface area contributed by atoms with Crippen LogP contribution >= 0.6 is 0 Å². The van der Waals surface area contributed by atoms with Crippen LogP contribution in [0.15, 0.2) is 18.3 Å². The topological polar surface area (TPSA) is 80.3 Å². The molecule has 1 aromatic rings. The van der Waals surface area contributed by atoms with Crippen molar-refractivity contribution in [2.75, 3.05) is 11.9 Å². The second-order valence-electron chi connectivity index (χ2n) is 7.10. The highest BCUT2D eigenvalue weighted by atomic mass is 19.4. The number of hydrogen-bond acceptors (Lipinski definition) is 5. The van der Waals surface area contributed by atoms with E-state index in [-0.39, 0.29) is 18.4 Å². The lowest BCUT2D eigenvalue weighted by Gasteiger charge is -2.30. The van der Waals surface area contributed by atoms with Gasteiger partial charge in [0.25, 0.3) is 5.91 Å². The van der Waals surface area contributed by atoms with Gasteiger partial charge in [0.1, 0.15) is 5.82 Å². The van der Waals surface area contributed by atoms with Gasteiger partial charge in [-0.25, -0.2) is 9.78 Å². The van der Waals surface area contributed by atoms with E-state index < -0.39 is 36.6 Å². The molecule has 0 saturated heterocycles. The number of nitrogens with one attached hydrogen (secondary N) is 2. The summed E-state index contributed by atoms with van der Waals surface area (Å²) in [5, 5.41) is 5.71. The molecule has 27 heavy (non-hydrogen) atoms. The molecule has 2 aliphatic carbocycles. The van der Waals surface area contributed by atoms with Gasteiger partial charge in [-0.3, -0.25) is 4.79 Å². The maximum absolute atomic E-state index is 12.8. The minimum absolute atomic E-state index is 0.0868. The first-order valence-electron chi connectivity index (χ1n) is 9.07. The fourth-order valence-electron chi connectivity index (χ4n) is 3.14. The van der Waals surface area contributed by atoms with Gasteiger partial charge >= 0.3 is 12.1 Å². The second kappa shape index (κ2) is 8.14. The lowest BCUT2D eigenvalue weighted by molar-refractivity contribution is -0.184. The van der Waals surface area contributed by atoms with Crippen molar-refractivity contribution in [1.29, 1.82) is 0 Å². The van der Waals surface area contributed by atoms with Gasteiger partial charge in [0, 0.05) is 18.3 Å². The van der Waals surface area contributed by atoms with Crippen LogP contribution in [0, 0.1) is 5.92 Å². The Kier molecular flexibility index (Phi) is 5.86. The zero-order chi connectivity index (χ0) is 19.4. The average Bonchev–Trinajstić information content (AvgIpc) is 3.44. The van der Waals surface area contributed by atoms with Crippen LogP contribution in [0.4, 0.5) is 19.0 Å². The number of amides is 1. The Morgan fingerprint density at radius 1 is 1.15 bits per heavy atom. The number of hydrogen-bond donors (Lipinski definition) is 2. The number of aromatic nitrogens is 1. The van der Waals surface area contributed by atoms with Crippen molar-refractivity contribution in [2.24, 2.45) is 5.92 Å². The van der Waals surface area contributed by atoms with E-state index in [1.54, 1.807) is 12.1 Å². The molecule has 3 rings (SSSR count). The second-order valence-corrected chi connectivity index (χ2v) is 7.10. The smallest absolute Gasteiger partial charge is 0.391 e. The number of alkyl halides is 3. The SMILES string of the molecule is O=C(COC(=O)c1ccc(NC2CC2)nc1)N[C@H]1CCC[C@@H](C(F)(F)F)C1. The molecule has 2 aliphatic rings.